The van der Waals surface area contributed by atoms with Gasteiger partial charge in [0.15, 0.2) is 0 Å². The van der Waals surface area contributed by atoms with Gasteiger partial charge in [-0.05, 0) is 44.4 Å². The molecule has 1 amide bonds. The van der Waals surface area contributed by atoms with Crippen LogP contribution in [0, 0.1) is 17.7 Å². The van der Waals surface area contributed by atoms with E-state index in [9.17, 15) is 14.3 Å². The normalized spacial score (nSPS) is 24.0. The molecule has 2 unspecified atom stereocenters. The fourth-order valence-electron chi connectivity index (χ4n) is 2.58. The number of carbonyl (C=O) groups excluding carboxylic acids is 1. The van der Waals surface area contributed by atoms with E-state index in [-0.39, 0.29) is 11.9 Å². The largest absolute Gasteiger partial charge is 0.450 e. The lowest BCUT2D eigenvalue weighted by atomic mass is 9.82. The van der Waals surface area contributed by atoms with Crippen LogP contribution in [0.1, 0.15) is 38.2 Å². The van der Waals surface area contributed by atoms with Crippen molar-refractivity contribution in [1.29, 1.82) is 0 Å². The fraction of sp³-hybridized carbons (Fsp3) is 0.471. The molecule has 2 N–H and O–H groups in total. The van der Waals surface area contributed by atoms with Crippen molar-refractivity contribution in [3.8, 4) is 11.8 Å². The van der Waals surface area contributed by atoms with Crippen molar-refractivity contribution >= 4 is 6.09 Å². The minimum atomic E-state index is -1.17. The van der Waals surface area contributed by atoms with E-state index >= 15 is 0 Å². The summed E-state index contributed by atoms with van der Waals surface area (Å²) in [6.07, 6.45) is 1.94. The van der Waals surface area contributed by atoms with Crippen LogP contribution < -0.4 is 5.32 Å². The second-order valence-electron chi connectivity index (χ2n) is 5.45. The maximum atomic E-state index is 13.1. The average molecular weight is 305 g/mol. The maximum absolute atomic E-state index is 13.1. The molecule has 1 saturated carbocycles. The van der Waals surface area contributed by atoms with Gasteiger partial charge in [0, 0.05) is 18.0 Å². The molecule has 22 heavy (non-hydrogen) atoms. The van der Waals surface area contributed by atoms with Gasteiger partial charge in [0.1, 0.15) is 11.4 Å². The molecule has 0 bridgehead atoms. The zero-order valence-electron chi connectivity index (χ0n) is 12.6. The van der Waals surface area contributed by atoms with Crippen molar-refractivity contribution in [3.63, 3.8) is 0 Å². The van der Waals surface area contributed by atoms with E-state index in [1.165, 1.54) is 12.1 Å². The van der Waals surface area contributed by atoms with Gasteiger partial charge < -0.3 is 15.2 Å². The molecule has 0 radical (unpaired) electrons. The molecule has 1 aromatic carbocycles. The highest BCUT2D eigenvalue weighted by molar-refractivity contribution is 5.67. The third-order valence-electron chi connectivity index (χ3n) is 3.59. The van der Waals surface area contributed by atoms with Crippen LogP contribution in [0.2, 0.25) is 0 Å². The predicted octanol–water partition coefficient (Wildman–Crippen LogP) is 2.60. The van der Waals surface area contributed by atoms with Crippen LogP contribution in [0.5, 0.6) is 0 Å². The minimum Gasteiger partial charge on any atom is -0.450 e. The van der Waals surface area contributed by atoms with Crippen molar-refractivity contribution in [3.05, 3.63) is 35.6 Å². The van der Waals surface area contributed by atoms with Crippen molar-refractivity contribution in [2.45, 2.75) is 44.2 Å². The number of ether oxygens (including phenoxy) is 1. The van der Waals surface area contributed by atoms with Crippen LogP contribution in [-0.4, -0.2) is 29.4 Å². The van der Waals surface area contributed by atoms with Crippen LogP contribution in [-0.2, 0) is 4.74 Å². The monoisotopic (exact) mass is 305 g/mol. The molecule has 0 spiro atoms. The zero-order chi connectivity index (χ0) is 16.0. The lowest BCUT2D eigenvalue weighted by Crippen LogP contribution is -2.45. The van der Waals surface area contributed by atoms with Gasteiger partial charge in [-0.25, -0.2) is 9.18 Å². The molecular weight excluding hydrogens is 285 g/mol. The maximum Gasteiger partial charge on any atom is 0.407 e. The SMILES string of the molecule is CCOC(=O)NC1CCCC(O)(C#Cc2cccc(F)c2)C1. The van der Waals surface area contributed by atoms with Gasteiger partial charge in [0.25, 0.3) is 0 Å². The molecule has 1 aliphatic carbocycles. The first kappa shape index (κ1) is 16.3. The van der Waals surface area contributed by atoms with Gasteiger partial charge in [-0.15, -0.1) is 0 Å². The van der Waals surface area contributed by atoms with Crippen molar-refractivity contribution in [2.24, 2.45) is 0 Å². The van der Waals surface area contributed by atoms with Crippen molar-refractivity contribution in [2.75, 3.05) is 6.61 Å². The highest BCUT2D eigenvalue weighted by Gasteiger charge is 2.33. The second-order valence-corrected chi connectivity index (χ2v) is 5.45. The molecule has 5 heteroatoms. The summed E-state index contributed by atoms with van der Waals surface area (Å²) >= 11 is 0. The Morgan fingerprint density at radius 3 is 3.14 bits per heavy atom. The Hall–Kier alpha value is -2.06. The Morgan fingerprint density at radius 1 is 1.59 bits per heavy atom. The number of hydrogen-bond acceptors (Lipinski definition) is 3. The van der Waals surface area contributed by atoms with Crippen molar-refractivity contribution in [1.82, 2.24) is 5.32 Å². The Balaban J connectivity index is 2.02. The van der Waals surface area contributed by atoms with Crippen LogP contribution >= 0.6 is 0 Å². The van der Waals surface area contributed by atoms with Gasteiger partial charge in [0.2, 0.25) is 0 Å². The summed E-state index contributed by atoms with van der Waals surface area (Å²) < 4.78 is 18.0. The molecule has 1 fully saturated rings. The lowest BCUT2D eigenvalue weighted by molar-refractivity contribution is 0.0455. The molecule has 0 aliphatic heterocycles. The molecule has 1 aromatic rings. The number of alkyl carbamates (subject to hydrolysis) is 1. The van der Waals surface area contributed by atoms with E-state index < -0.39 is 11.7 Å². The van der Waals surface area contributed by atoms with Gasteiger partial charge >= 0.3 is 6.09 Å². The number of amides is 1. The highest BCUT2D eigenvalue weighted by Crippen LogP contribution is 2.28. The number of nitrogens with one attached hydrogen (secondary N) is 1. The van der Waals surface area contributed by atoms with Crippen LogP contribution in [0.25, 0.3) is 0 Å². The summed E-state index contributed by atoms with van der Waals surface area (Å²) in [6, 6.07) is 5.78. The average Bonchev–Trinajstić information content (AvgIpc) is 2.46. The fourth-order valence-corrected chi connectivity index (χ4v) is 2.58. The second kappa shape index (κ2) is 7.28. The van der Waals surface area contributed by atoms with E-state index in [2.05, 4.69) is 17.2 Å². The summed E-state index contributed by atoms with van der Waals surface area (Å²) in [6.45, 7) is 2.05. The topological polar surface area (TPSA) is 58.6 Å². The Kier molecular flexibility index (Phi) is 5.40. The smallest absolute Gasteiger partial charge is 0.407 e. The van der Waals surface area contributed by atoms with Gasteiger partial charge in [-0.3, -0.25) is 0 Å². The first-order chi connectivity index (χ1) is 10.5. The molecule has 1 aliphatic rings. The standard InChI is InChI=1S/C17H20FNO3/c1-2-22-16(20)19-15-7-4-9-17(21,12-15)10-8-13-5-3-6-14(18)11-13/h3,5-6,11,15,21H,2,4,7,9,12H2,1H3,(H,19,20). The van der Waals surface area contributed by atoms with E-state index in [4.69, 9.17) is 4.74 Å². The molecule has 4 nitrogen and oxygen atoms in total. The van der Waals surface area contributed by atoms with Crippen LogP contribution in [0.4, 0.5) is 9.18 Å². The third-order valence-corrected chi connectivity index (χ3v) is 3.59. The van der Waals surface area contributed by atoms with Gasteiger partial charge in [0.05, 0.1) is 6.61 Å². The Labute approximate surface area is 129 Å². The van der Waals surface area contributed by atoms with Crippen molar-refractivity contribution < 1.29 is 19.0 Å². The Morgan fingerprint density at radius 2 is 2.41 bits per heavy atom. The summed E-state index contributed by atoms with van der Waals surface area (Å²) in [5, 5.41) is 13.3. The van der Waals surface area contributed by atoms with E-state index in [0.29, 0.717) is 25.0 Å². The number of hydrogen-bond donors (Lipinski definition) is 2. The predicted molar refractivity (Wildman–Crippen MR) is 80.6 cm³/mol. The van der Waals surface area contributed by atoms with Crippen LogP contribution in [0.3, 0.4) is 0 Å². The number of rotatable bonds is 2. The first-order valence-electron chi connectivity index (χ1n) is 7.45. The first-order valence-corrected chi connectivity index (χ1v) is 7.45. The van der Waals surface area contributed by atoms with Gasteiger partial charge in [-0.2, -0.15) is 0 Å². The quantitative estimate of drug-likeness (QED) is 0.826. The summed E-state index contributed by atoms with van der Waals surface area (Å²) in [7, 11) is 0. The molecule has 2 rings (SSSR count). The minimum absolute atomic E-state index is 0.167. The molecule has 118 valence electrons. The number of aliphatic hydroxyl groups is 1. The number of benzene rings is 1. The highest BCUT2D eigenvalue weighted by atomic mass is 19.1. The summed E-state index contributed by atoms with van der Waals surface area (Å²) in [5.74, 6) is 5.28. The molecular formula is C17H20FNO3. The molecule has 2 atom stereocenters. The lowest BCUT2D eigenvalue weighted by Gasteiger charge is -2.33. The van der Waals surface area contributed by atoms with Gasteiger partial charge in [-0.1, -0.05) is 17.9 Å². The van der Waals surface area contributed by atoms with Crippen LogP contribution in [0.15, 0.2) is 24.3 Å². The third kappa shape index (κ3) is 4.74. The summed E-state index contributed by atoms with van der Waals surface area (Å²) in [5.41, 5.74) is -0.650. The summed E-state index contributed by atoms with van der Waals surface area (Å²) in [4.78, 5) is 11.4. The zero-order valence-corrected chi connectivity index (χ0v) is 12.6. The molecule has 0 saturated heterocycles. The number of carbonyl (C=O) groups is 1. The van der Waals surface area contributed by atoms with E-state index in [0.717, 1.165) is 12.8 Å². The Bertz CT molecular complexity index is 593. The van der Waals surface area contributed by atoms with E-state index in [1.807, 2.05) is 0 Å². The van der Waals surface area contributed by atoms with E-state index in [1.54, 1.807) is 19.1 Å². The molecule has 0 aromatic heterocycles. The molecule has 0 heterocycles. The number of halogens is 1.